The number of aromatic nitrogens is 4. The van der Waals surface area contributed by atoms with Gasteiger partial charge in [0, 0.05) is 5.92 Å². The van der Waals surface area contributed by atoms with Gasteiger partial charge >= 0.3 is 0 Å². The van der Waals surface area contributed by atoms with Crippen molar-refractivity contribution in [2.45, 2.75) is 53.1 Å². The predicted molar refractivity (Wildman–Crippen MR) is 97.6 cm³/mol. The first-order valence-electron chi connectivity index (χ1n) is 8.92. The lowest BCUT2D eigenvalue weighted by molar-refractivity contribution is 0.0386. The van der Waals surface area contributed by atoms with Crippen LogP contribution in [0.25, 0.3) is 5.78 Å². The number of nitrogens with zero attached hydrogens (tertiary/aromatic N) is 4. The maximum Gasteiger partial charge on any atom is 0.254 e. The largest absolute Gasteiger partial charge is 0.382 e. The molecule has 0 saturated heterocycles. The summed E-state index contributed by atoms with van der Waals surface area (Å²) in [5, 5.41) is 15.1. The summed E-state index contributed by atoms with van der Waals surface area (Å²) in [7, 11) is 0. The Labute approximate surface area is 148 Å². The second-order valence-electron chi connectivity index (χ2n) is 7.89. The Hall–Kier alpha value is -2.13. The van der Waals surface area contributed by atoms with Gasteiger partial charge in [0.05, 0.1) is 11.3 Å². The number of hydrogen-bond acceptors (Lipinski definition) is 5. The van der Waals surface area contributed by atoms with Crippen LogP contribution in [0.5, 0.6) is 0 Å². The molecule has 0 bridgehead atoms. The first-order chi connectivity index (χ1) is 11.7. The highest BCUT2D eigenvalue weighted by atomic mass is 16.3. The van der Waals surface area contributed by atoms with Crippen molar-refractivity contribution in [3.63, 3.8) is 0 Å². The summed E-state index contributed by atoms with van der Waals surface area (Å²) in [5.74, 6) is 8.89. The van der Waals surface area contributed by atoms with Gasteiger partial charge in [-0.2, -0.15) is 14.6 Å². The Morgan fingerprint density at radius 1 is 1.40 bits per heavy atom. The standard InChI is InChI=1S/C19H27N5O/c1-11(2)14-8-12(3)16(9-14)19(5,25)7-6-15-13(4)23-18-21-10-22-24(18)17(15)20/h10-12,14,16,25H,8-9,20H2,1-5H3. The zero-order valence-corrected chi connectivity index (χ0v) is 15.6. The maximum atomic E-state index is 11.0. The van der Waals surface area contributed by atoms with Crippen LogP contribution in [0.3, 0.4) is 0 Å². The van der Waals surface area contributed by atoms with Gasteiger partial charge in [0.1, 0.15) is 17.7 Å². The van der Waals surface area contributed by atoms with Crippen LogP contribution >= 0.6 is 0 Å². The van der Waals surface area contributed by atoms with Gasteiger partial charge < -0.3 is 10.8 Å². The van der Waals surface area contributed by atoms with Crippen molar-refractivity contribution >= 4 is 11.6 Å². The van der Waals surface area contributed by atoms with Crippen molar-refractivity contribution in [2.75, 3.05) is 5.73 Å². The fraction of sp³-hybridized carbons (Fsp3) is 0.632. The highest BCUT2D eigenvalue weighted by molar-refractivity contribution is 5.57. The van der Waals surface area contributed by atoms with Crippen LogP contribution in [0.2, 0.25) is 0 Å². The van der Waals surface area contributed by atoms with E-state index < -0.39 is 5.60 Å². The molecule has 4 unspecified atom stereocenters. The summed E-state index contributed by atoms with van der Waals surface area (Å²) >= 11 is 0. The van der Waals surface area contributed by atoms with Crippen molar-refractivity contribution in [3.05, 3.63) is 17.6 Å². The molecule has 0 amide bonds. The highest BCUT2D eigenvalue weighted by Crippen LogP contribution is 2.44. The van der Waals surface area contributed by atoms with E-state index in [1.807, 2.05) is 13.8 Å². The van der Waals surface area contributed by atoms with Crippen LogP contribution in [-0.4, -0.2) is 30.3 Å². The average molecular weight is 341 g/mol. The average Bonchev–Trinajstić information content (AvgIpc) is 3.13. The fourth-order valence-electron chi connectivity index (χ4n) is 4.04. The van der Waals surface area contributed by atoms with Gasteiger partial charge in [0.25, 0.3) is 5.78 Å². The number of fused-ring (bicyclic) bond motifs is 1. The van der Waals surface area contributed by atoms with Crippen molar-refractivity contribution in [1.82, 2.24) is 19.6 Å². The maximum absolute atomic E-state index is 11.0. The van der Waals surface area contributed by atoms with E-state index in [0.29, 0.717) is 40.6 Å². The normalized spacial score (nSPS) is 25.8. The number of nitrogen functional groups attached to an aromatic ring is 1. The molecule has 2 aromatic heterocycles. The van der Waals surface area contributed by atoms with Crippen LogP contribution in [0, 0.1) is 42.4 Å². The van der Waals surface area contributed by atoms with Crippen LogP contribution in [0.15, 0.2) is 6.33 Å². The summed E-state index contributed by atoms with van der Waals surface area (Å²) in [5.41, 5.74) is 6.41. The van der Waals surface area contributed by atoms with E-state index in [9.17, 15) is 5.11 Å². The number of hydrogen-bond donors (Lipinski definition) is 2. The van der Waals surface area contributed by atoms with Crippen molar-refractivity contribution < 1.29 is 5.11 Å². The third-order valence-corrected chi connectivity index (χ3v) is 5.67. The monoisotopic (exact) mass is 341 g/mol. The molecule has 0 spiro atoms. The quantitative estimate of drug-likeness (QED) is 0.819. The second kappa shape index (κ2) is 6.30. The summed E-state index contributed by atoms with van der Waals surface area (Å²) in [6.45, 7) is 10.4. The van der Waals surface area contributed by atoms with Crippen LogP contribution in [-0.2, 0) is 0 Å². The van der Waals surface area contributed by atoms with Crippen molar-refractivity contribution in [1.29, 1.82) is 0 Å². The van der Waals surface area contributed by atoms with Gasteiger partial charge in [-0.15, -0.1) is 0 Å². The Balaban J connectivity index is 1.92. The van der Waals surface area contributed by atoms with Crippen molar-refractivity contribution in [3.8, 4) is 11.8 Å². The van der Waals surface area contributed by atoms with Crippen molar-refractivity contribution in [2.24, 2.45) is 23.7 Å². The summed E-state index contributed by atoms with van der Waals surface area (Å²) in [4.78, 5) is 8.42. The second-order valence-corrected chi connectivity index (χ2v) is 7.89. The number of aryl methyl sites for hydroxylation is 1. The Kier molecular flexibility index (Phi) is 4.46. The zero-order chi connectivity index (χ0) is 18.4. The molecular weight excluding hydrogens is 314 g/mol. The number of anilines is 1. The topological polar surface area (TPSA) is 89.3 Å². The van der Waals surface area contributed by atoms with E-state index in [2.05, 4.69) is 47.7 Å². The third-order valence-electron chi connectivity index (χ3n) is 5.67. The first-order valence-corrected chi connectivity index (χ1v) is 8.92. The lowest BCUT2D eigenvalue weighted by atomic mass is 9.82. The van der Waals surface area contributed by atoms with Gasteiger partial charge in [0.2, 0.25) is 0 Å². The molecule has 1 aliphatic rings. The van der Waals surface area contributed by atoms with Crippen LogP contribution in [0.1, 0.15) is 51.8 Å². The van der Waals surface area contributed by atoms with Gasteiger partial charge in [-0.25, -0.2) is 4.98 Å². The Bertz CT molecular complexity index is 843. The first kappa shape index (κ1) is 17.7. The molecule has 0 radical (unpaired) electrons. The summed E-state index contributed by atoms with van der Waals surface area (Å²) in [6, 6.07) is 0. The molecule has 1 fully saturated rings. The minimum Gasteiger partial charge on any atom is -0.382 e. The Morgan fingerprint density at radius 3 is 2.76 bits per heavy atom. The predicted octanol–water partition coefficient (Wildman–Crippen LogP) is 2.44. The third kappa shape index (κ3) is 3.21. The van der Waals surface area contributed by atoms with Gasteiger partial charge in [0.15, 0.2) is 0 Å². The SMILES string of the molecule is Cc1nc2ncnn2c(N)c1C#CC(C)(O)C1CC(C(C)C)CC1C. The lowest BCUT2D eigenvalue weighted by Crippen LogP contribution is -2.34. The van der Waals surface area contributed by atoms with E-state index in [1.54, 1.807) is 0 Å². The lowest BCUT2D eigenvalue weighted by Gasteiger charge is -2.28. The molecule has 6 nitrogen and oxygen atoms in total. The summed E-state index contributed by atoms with van der Waals surface area (Å²) < 4.78 is 1.47. The highest BCUT2D eigenvalue weighted by Gasteiger charge is 2.42. The fourth-order valence-corrected chi connectivity index (χ4v) is 4.04. The minimum atomic E-state index is -1.06. The molecule has 3 N–H and O–H groups in total. The van der Waals surface area contributed by atoms with E-state index in [-0.39, 0.29) is 5.92 Å². The van der Waals surface area contributed by atoms with Crippen LogP contribution < -0.4 is 5.73 Å². The molecule has 2 aromatic rings. The molecule has 1 aliphatic carbocycles. The number of rotatable bonds is 2. The summed E-state index contributed by atoms with van der Waals surface area (Å²) in [6.07, 6.45) is 3.57. The van der Waals surface area contributed by atoms with Gasteiger partial charge in [-0.05, 0) is 44.4 Å². The van der Waals surface area contributed by atoms with E-state index >= 15 is 0 Å². The van der Waals surface area contributed by atoms with Crippen LogP contribution in [0.4, 0.5) is 5.82 Å². The molecule has 134 valence electrons. The number of nitrogens with two attached hydrogens (primary N) is 1. The molecular formula is C19H27N5O. The Morgan fingerprint density at radius 2 is 2.12 bits per heavy atom. The van der Waals surface area contributed by atoms with Gasteiger partial charge in [-0.1, -0.05) is 32.6 Å². The zero-order valence-electron chi connectivity index (χ0n) is 15.6. The van der Waals surface area contributed by atoms with Gasteiger partial charge in [-0.3, -0.25) is 0 Å². The van der Waals surface area contributed by atoms with E-state index in [4.69, 9.17) is 5.73 Å². The minimum absolute atomic E-state index is 0.164. The molecule has 0 aromatic carbocycles. The molecule has 6 heteroatoms. The molecule has 4 atom stereocenters. The molecule has 0 aliphatic heterocycles. The smallest absolute Gasteiger partial charge is 0.254 e. The molecule has 3 rings (SSSR count). The molecule has 25 heavy (non-hydrogen) atoms. The van der Waals surface area contributed by atoms with E-state index in [1.165, 1.54) is 10.8 Å². The molecule has 1 saturated carbocycles. The number of aliphatic hydroxyl groups is 1. The van der Waals surface area contributed by atoms with E-state index in [0.717, 1.165) is 12.8 Å². The molecule has 2 heterocycles.